The molecule has 116 valence electrons. The molecule has 0 fully saturated rings. The van der Waals surface area contributed by atoms with E-state index >= 15 is 0 Å². The van der Waals surface area contributed by atoms with Crippen LogP contribution >= 0.6 is 7.92 Å². The maximum Gasteiger partial charge on any atom is 0.0237 e. The molecule has 1 aliphatic rings. The van der Waals surface area contributed by atoms with Gasteiger partial charge in [-0.15, -0.1) is 0 Å². The highest BCUT2D eigenvalue weighted by Crippen LogP contribution is 2.44. The van der Waals surface area contributed by atoms with Crippen LogP contribution in [0.4, 0.5) is 0 Å². The fourth-order valence-electron chi connectivity index (χ4n) is 3.20. The van der Waals surface area contributed by atoms with Crippen molar-refractivity contribution >= 4 is 18.5 Å². The largest absolute Gasteiger partial charge is 0.0727 e. The zero-order chi connectivity index (χ0) is 16.2. The predicted octanol–water partition coefficient (Wildman–Crippen LogP) is 5.28. The lowest BCUT2D eigenvalue weighted by Gasteiger charge is -2.25. The van der Waals surface area contributed by atoms with Crippen molar-refractivity contribution in [2.75, 3.05) is 0 Å². The van der Waals surface area contributed by atoms with Gasteiger partial charge in [0.1, 0.15) is 0 Å². The Balaban J connectivity index is 1.88. The van der Waals surface area contributed by atoms with Gasteiger partial charge in [0, 0.05) is 5.66 Å². The molecule has 24 heavy (non-hydrogen) atoms. The lowest BCUT2D eigenvalue weighted by molar-refractivity contribution is 1.45. The minimum Gasteiger partial charge on any atom is -0.0727 e. The molecule has 0 amide bonds. The van der Waals surface area contributed by atoms with Gasteiger partial charge < -0.3 is 0 Å². The van der Waals surface area contributed by atoms with Crippen LogP contribution in [0.2, 0.25) is 0 Å². The van der Waals surface area contributed by atoms with E-state index in [0.29, 0.717) is 5.66 Å². The molecule has 0 spiro atoms. The quantitative estimate of drug-likeness (QED) is 0.572. The van der Waals surface area contributed by atoms with E-state index in [1.165, 1.54) is 21.7 Å². The summed E-state index contributed by atoms with van der Waals surface area (Å²) in [5.74, 6) is 0. The normalized spacial score (nSPS) is 14.8. The molecule has 1 aliphatic carbocycles. The summed E-state index contributed by atoms with van der Waals surface area (Å²) in [6.07, 6.45) is 9.02. The summed E-state index contributed by atoms with van der Waals surface area (Å²) < 4.78 is 0. The van der Waals surface area contributed by atoms with Crippen molar-refractivity contribution in [1.82, 2.24) is 0 Å². The number of rotatable bonds is 4. The van der Waals surface area contributed by atoms with Gasteiger partial charge in [0.05, 0.1) is 0 Å². The Morgan fingerprint density at radius 1 is 0.583 bits per heavy atom. The molecule has 1 heteroatoms. The van der Waals surface area contributed by atoms with Crippen LogP contribution in [0.5, 0.6) is 0 Å². The highest BCUT2D eigenvalue weighted by Gasteiger charge is 2.24. The Kier molecular flexibility index (Phi) is 4.40. The molecule has 0 heterocycles. The minimum atomic E-state index is -0.470. The predicted molar refractivity (Wildman–Crippen MR) is 107 cm³/mol. The number of benzene rings is 3. The van der Waals surface area contributed by atoms with Crippen LogP contribution in [0.1, 0.15) is 0 Å². The van der Waals surface area contributed by atoms with Gasteiger partial charge in [0.15, 0.2) is 0 Å². The molecule has 1 atom stereocenters. The molecule has 0 nitrogen and oxygen atoms in total. The number of hydrogen-bond donors (Lipinski definition) is 0. The summed E-state index contributed by atoms with van der Waals surface area (Å²) in [7, 11) is -0.470. The SMILES string of the molecule is C1=CC(P(c2ccccc2)c2ccccc2-c2ccccc2)C=C1. The van der Waals surface area contributed by atoms with E-state index in [0.717, 1.165) is 0 Å². The zero-order valence-electron chi connectivity index (χ0n) is 13.4. The molecule has 4 rings (SSSR count). The van der Waals surface area contributed by atoms with Gasteiger partial charge in [-0.2, -0.15) is 0 Å². The lowest BCUT2D eigenvalue weighted by Crippen LogP contribution is -2.20. The van der Waals surface area contributed by atoms with Crippen molar-refractivity contribution in [3.63, 3.8) is 0 Å². The van der Waals surface area contributed by atoms with Crippen molar-refractivity contribution in [3.05, 3.63) is 109 Å². The average Bonchev–Trinajstić information content (AvgIpc) is 3.18. The molecule has 3 aromatic carbocycles. The van der Waals surface area contributed by atoms with E-state index in [2.05, 4.69) is 109 Å². The summed E-state index contributed by atoms with van der Waals surface area (Å²) in [4.78, 5) is 0. The van der Waals surface area contributed by atoms with Crippen LogP contribution in [-0.2, 0) is 0 Å². The van der Waals surface area contributed by atoms with Crippen molar-refractivity contribution in [3.8, 4) is 11.1 Å². The van der Waals surface area contributed by atoms with Gasteiger partial charge in [-0.25, -0.2) is 0 Å². The fraction of sp³-hybridized carbons (Fsp3) is 0.0435. The first-order valence-corrected chi connectivity index (χ1v) is 9.68. The van der Waals surface area contributed by atoms with Gasteiger partial charge in [-0.3, -0.25) is 0 Å². The van der Waals surface area contributed by atoms with Gasteiger partial charge in [0.2, 0.25) is 0 Å². The molecular weight excluding hydrogens is 307 g/mol. The third-order valence-corrected chi connectivity index (χ3v) is 7.01. The first kappa shape index (κ1) is 15.1. The van der Waals surface area contributed by atoms with E-state index in [4.69, 9.17) is 0 Å². The number of hydrogen-bond acceptors (Lipinski definition) is 0. The van der Waals surface area contributed by atoms with Crippen molar-refractivity contribution in [2.45, 2.75) is 5.66 Å². The highest BCUT2D eigenvalue weighted by molar-refractivity contribution is 7.74. The average molecular weight is 326 g/mol. The summed E-state index contributed by atoms with van der Waals surface area (Å²) >= 11 is 0. The smallest absolute Gasteiger partial charge is 0.0237 e. The van der Waals surface area contributed by atoms with Crippen LogP contribution in [0.25, 0.3) is 11.1 Å². The molecular formula is C23H19P. The van der Waals surface area contributed by atoms with Gasteiger partial charge in [-0.1, -0.05) is 109 Å². The molecule has 3 aromatic rings. The fourth-order valence-corrected chi connectivity index (χ4v) is 5.89. The van der Waals surface area contributed by atoms with E-state index < -0.39 is 7.92 Å². The third-order valence-electron chi connectivity index (χ3n) is 4.31. The second-order valence-electron chi connectivity index (χ2n) is 5.85. The number of allylic oxidation sites excluding steroid dienone is 4. The Bertz CT molecular complexity index is 851. The summed E-state index contributed by atoms with van der Waals surface area (Å²) in [6.45, 7) is 0. The summed E-state index contributed by atoms with van der Waals surface area (Å²) in [5.41, 5.74) is 3.11. The second-order valence-corrected chi connectivity index (χ2v) is 8.18. The van der Waals surface area contributed by atoms with E-state index in [1.54, 1.807) is 0 Å². The Morgan fingerprint density at radius 2 is 1.17 bits per heavy atom. The molecule has 0 saturated heterocycles. The lowest BCUT2D eigenvalue weighted by atomic mass is 10.1. The van der Waals surface area contributed by atoms with Crippen LogP contribution in [0.15, 0.2) is 109 Å². The molecule has 1 unspecified atom stereocenters. The van der Waals surface area contributed by atoms with E-state index in [9.17, 15) is 0 Å². The Labute approximate surface area is 144 Å². The second kappa shape index (κ2) is 6.99. The molecule has 0 aromatic heterocycles. The van der Waals surface area contributed by atoms with Gasteiger partial charge >= 0.3 is 0 Å². The minimum absolute atomic E-state index is 0.465. The van der Waals surface area contributed by atoms with Gasteiger partial charge in [-0.05, 0) is 29.7 Å². The van der Waals surface area contributed by atoms with E-state index in [1.807, 2.05) is 0 Å². The first-order valence-electron chi connectivity index (χ1n) is 8.27. The summed E-state index contributed by atoms with van der Waals surface area (Å²) in [6, 6.07) is 30.5. The maximum atomic E-state index is 2.33. The monoisotopic (exact) mass is 326 g/mol. The highest BCUT2D eigenvalue weighted by atomic mass is 31.1. The van der Waals surface area contributed by atoms with Crippen LogP contribution in [0, 0.1) is 0 Å². The summed E-state index contributed by atoms with van der Waals surface area (Å²) in [5, 5.41) is 2.88. The van der Waals surface area contributed by atoms with Crippen molar-refractivity contribution in [2.24, 2.45) is 0 Å². The molecule has 0 saturated carbocycles. The van der Waals surface area contributed by atoms with Crippen LogP contribution in [0.3, 0.4) is 0 Å². The first-order chi connectivity index (χ1) is 11.9. The molecule has 0 aliphatic heterocycles. The molecule has 0 bridgehead atoms. The Morgan fingerprint density at radius 3 is 1.88 bits per heavy atom. The third kappa shape index (κ3) is 2.98. The topological polar surface area (TPSA) is 0 Å². The van der Waals surface area contributed by atoms with Gasteiger partial charge in [0.25, 0.3) is 0 Å². The molecule has 0 N–H and O–H groups in total. The van der Waals surface area contributed by atoms with Crippen molar-refractivity contribution < 1.29 is 0 Å². The van der Waals surface area contributed by atoms with Crippen molar-refractivity contribution in [1.29, 1.82) is 0 Å². The van der Waals surface area contributed by atoms with Crippen LogP contribution < -0.4 is 10.6 Å². The van der Waals surface area contributed by atoms with Crippen LogP contribution in [-0.4, -0.2) is 5.66 Å². The maximum absolute atomic E-state index is 2.33. The molecule has 0 radical (unpaired) electrons. The van der Waals surface area contributed by atoms with E-state index in [-0.39, 0.29) is 0 Å². The zero-order valence-corrected chi connectivity index (χ0v) is 14.3. The Hall–Kier alpha value is -2.43. The standard InChI is InChI=1S/C23H19P/c1-3-11-19(12-4-1)22-17-9-10-18-23(22)24(21-15-7-8-16-21)20-13-5-2-6-14-20/h1-18,21H.